The van der Waals surface area contributed by atoms with Crippen LogP contribution in [-0.4, -0.2) is 54.0 Å². The largest absolute Gasteiger partial charge is 0.363 e. The van der Waals surface area contributed by atoms with Crippen LogP contribution in [0.5, 0.6) is 0 Å². The van der Waals surface area contributed by atoms with Gasteiger partial charge in [-0.2, -0.15) is 11.8 Å². The first-order valence-electron chi connectivity index (χ1n) is 7.55. The van der Waals surface area contributed by atoms with Gasteiger partial charge in [0.2, 0.25) is 0 Å². The van der Waals surface area contributed by atoms with Crippen LogP contribution >= 0.6 is 11.8 Å². The van der Waals surface area contributed by atoms with Crippen molar-refractivity contribution in [3.05, 3.63) is 23.9 Å². The second-order valence-corrected chi connectivity index (χ2v) is 7.33. The molecule has 1 saturated carbocycles. The highest BCUT2D eigenvalue weighted by atomic mass is 32.2. The van der Waals surface area contributed by atoms with Crippen LogP contribution in [0.25, 0.3) is 0 Å². The number of nitrogens with zero attached hydrogens (tertiary/aromatic N) is 3. The first kappa shape index (κ1) is 16.1. The highest BCUT2D eigenvalue weighted by Crippen LogP contribution is 2.32. The Kier molecular flexibility index (Phi) is 5.51. The summed E-state index contributed by atoms with van der Waals surface area (Å²) in [6, 6.07) is 4.04. The summed E-state index contributed by atoms with van der Waals surface area (Å²) in [6.07, 6.45) is 5.17. The van der Waals surface area contributed by atoms with Crippen LogP contribution in [-0.2, 0) is 0 Å². The van der Waals surface area contributed by atoms with E-state index in [4.69, 9.17) is 0 Å². The number of carbonyl (C=O) groups excluding carboxylic acids is 1. The molecule has 5 heteroatoms. The zero-order valence-corrected chi connectivity index (χ0v) is 14.2. The van der Waals surface area contributed by atoms with Crippen LogP contribution in [0.4, 0.5) is 5.82 Å². The average Bonchev–Trinajstić information content (AvgIpc) is 2.95. The van der Waals surface area contributed by atoms with Crippen LogP contribution in [0.3, 0.4) is 0 Å². The summed E-state index contributed by atoms with van der Waals surface area (Å²) in [5.41, 5.74) is 0.725. The van der Waals surface area contributed by atoms with Gasteiger partial charge in [-0.3, -0.25) is 4.79 Å². The third-order valence-corrected chi connectivity index (χ3v) is 5.31. The monoisotopic (exact) mass is 307 g/mol. The van der Waals surface area contributed by atoms with Gasteiger partial charge in [0.05, 0.1) is 0 Å². The maximum absolute atomic E-state index is 12.6. The number of carbonyl (C=O) groups is 1. The Morgan fingerprint density at radius 3 is 2.81 bits per heavy atom. The van der Waals surface area contributed by atoms with Crippen LogP contribution < -0.4 is 4.90 Å². The van der Waals surface area contributed by atoms with E-state index in [2.05, 4.69) is 11.9 Å². The zero-order chi connectivity index (χ0) is 15.4. The Bertz CT molecular complexity index is 492. The maximum atomic E-state index is 12.6. The minimum Gasteiger partial charge on any atom is -0.363 e. The number of aromatic nitrogens is 1. The van der Waals surface area contributed by atoms with Crippen molar-refractivity contribution >= 4 is 23.5 Å². The van der Waals surface area contributed by atoms with Crippen LogP contribution in [0.2, 0.25) is 0 Å². The van der Waals surface area contributed by atoms with E-state index >= 15 is 0 Å². The van der Waals surface area contributed by atoms with Gasteiger partial charge in [0, 0.05) is 44.2 Å². The number of anilines is 1. The smallest absolute Gasteiger partial charge is 0.254 e. The lowest BCUT2D eigenvalue weighted by atomic mass is 10.1. The van der Waals surface area contributed by atoms with Crippen molar-refractivity contribution in [2.45, 2.75) is 37.5 Å². The number of hydrogen-bond acceptors (Lipinski definition) is 4. The molecule has 1 aromatic heterocycles. The molecule has 0 aliphatic heterocycles. The molecule has 1 aliphatic carbocycles. The minimum absolute atomic E-state index is 0.104. The molecule has 4 nitrogen and oxygen atoms in total. The maximum Gasteiger partial charge on any atom is 0.254 e. The predicted octanol–water partition coefficient (Wildman–Crippen LogP) is 2.89. The highest BCUT2D eigenvalue weighted by Gasteiger charge is 2.30. The van der Waals surface area contributed by atoms with Crippen LogP contribution in [0, 0.1) is 0 Å². The van der Waals surface area contributed by atoms with Crippen molar-refractivity contribution in [1.82, 2.24) is 9.88 Å². The third-order valence-electron chi connectivity index (χ3n) is 4.08. The summed E-state index contributed by atoms with van der Waals surface area (Å²) in [6.45, 7) is 2.20. The molecule has 0 bridgehead atoms. The minimum atomic E-state index is 0.104. The van der Waals surface area contributed by atoms with Crippen molar-refractivity contribution in [2.24, 2.45) is 0 Å². The van der Waals surface area contributed by atoms with Crippen molar-refractivity contribution in [3.63, 3.8) is 0 Å². The fourth-order valence-corrected chi connectivity index (χ4v) is 3.95. The molecule has 1 aromatic rings. The lowest BCUT2D eigenvalue weighted by Crippen LogP contribution is -2.35. The van der Waals surface area contributed by atoms with E-state index < -0.39 is 0 Å². The molecule has 1 heterocycles. The Morgan fingerprint density at radius 2 is 2.14 bits per heavy atom. The van der Waals surface area contributed by atoms with E-state index in [0.717, 1.165) is 30.0 Å². The second kappa shape index (κ2) is 7.16. The average molecular weight is 307 g/mol. The predicted molar refractivity (Wildman–Crippen MR) is 90.2 cm³/mol. The van der Waals surface area contributed by atoms with Gasteiger partial charge in [0.1, 0.15) is 5.82 Å². The Hall–Kier alpha value is -1.23. The van der Waals surface area contributed by atoms with Gasteiger partial charge in [0.25, 0.3) is 5.91 Å². The lowest BCUT2D eigenvalue weighted by molar-refractivity contribution is 0.0735. The summed E-state index contributed by atoms with van der Waals surface area (Å²) in [5.74, 6) is 2.08. The molecule has 0 spiro atoms. The number of hydrogen-bond donors (Lipinski definition) is 0. The summed E-state index contributed by atoms with van der Waals surface area (Å²) < 4.78 is 0. The molecule has 0 aromatic carbocycles. The van der Waals surface area contributed by atoms with Gasteiger partial charge in [-0.1, -0.05) is 6.92 Å². The molecule has 0 N–H and O–H groups in total. The summed E-state index contributed by atoms with van der Waals surface area (Å²) in [7, 11) is 5.80. The van der Waals surface area contributed by atoms with E-state index in [-0.39, 0.29) is 5.91 Å². The lowest BCUT2D eigenvalue weighted by Gasteiger charge is -2.25. The summed E-state index contributed by atoms with van der Waals surface area (Å²) >= 11 is 2.02. The Balaban J connectivity index is 2.04. The summed E-state index contributed by atoms with van der Waals surface area (Å²) in [5, 5.41) is 0.713. The molecule has 1 aliphatic rings. The van der Waals surface area contributed by atoms with E-state index in [1.54, 1.807) is 12.3 Å². The van der Waals surface area contributed by atoms with E-state index in [1.807, 2.05) is 48.8 Å². The first-order valence-corrected chi connectivity index (χ1v) is 8.60. The van der Waals surface area contributed by atoms with Gasteiger partial charge in [-0.25, -0.2) is 4.98 Å². The molecule has 0 radical (unpaired) electrons. The van der Waals surface area contributed by atoms with Crippen molar-refractivity contribution in [3.8, 4) is 0 Å². The van der Waals surface area contributed by atoms with Gasteiger partial charge in [0.15, 0.2) is 0 Å². The van der Waals surface area contributed by atoms with Gasteiger partial charge in [-0.05, 0) is 37.1 Å². The van der Waals surface area contributed by atoms with E-state index in [0.29, 0.717) is 11.3 Å². The number of rotatable bonds is 5. The normalized spacial score (nSPS) is 21.3. The SMILES string of the molecule is CCSC1CCC(N(C)C(=O)c2ccnc(N(C)C)c2)C1. The van der Waals surface area contributed by atoms with Crippen molar-refractivity contribution in [2.75, 3.05) is 31.8 Å². The first-order chi connectivity index (χ1) is 10.0. The molecular formula is C16H25N3OS. The summed E-state index contributed by atoms with van der Waals surface area (Å²) in [4.78, 5) is 20.7. The molecule has 2 rings (SSSR count). The van der Waals surface area contributed by atoms with Gasteiger partial charge >= 0.3 is 0 Å². The quantitative estimate of drug-likeness (QED) is 0.838. The molecule has 1 fully saturated rings. The number of pyridine rings is 1. The number of amides is 1. The number of thioether (sulfide) groups is 1. The topological polar surface area (TPSA) is 36.4 Å². The van der Waals surface area contributed by atoms with Gasteiger partial charge in [-0.15, -0.1) is 0 Å². The second-order valence-electron chi connectivity index (χ2n) is 5.76. The molecule has 116 valence electrons. The fraction of sp³-hybridized carbons (Fsp3) is 0.625. The van der Waals surface area contributed by atoms with Crippen LogP contribution in [0.15, 0.2) is 18.3 Å². The third kappa shape index (κ3) is 3.90. The highest BCUT2D eigenvalue weighted by molar-refractivity contribution is 7.99. The van der Waals surface area contributed by atoms with Crippen LogP contribution in [0.1, 0.15) is 36.5 Å². The Morgan fingerprint density at radius 1 is 1.38 bits per heavy atom. The molecule has 1 amide bonds. The Labute approximate surface area is 131 Å². The van der Waals surface area contributed by atoms with E-state index in [9.17, 15) is 4.79 Å². The van der Waals surface area contributed by atoms with Gasteiger partial charge < -0.3 is 9.80 Å². The van der Waals surface area contributed by atoms with E-state index in [1.165, 1.54) is 6.42 Å². The molecule has 0 saturated heterocycles. The zero-order valence-electron chi connectivity index (χ0n) is 13.4. The molecule has 21 heavy (non-hydrogen) atoms. The standard InChI is InChI=1S/C16H25N3OS/c1-5-21-14-7-6-13(11-14)19(4)16(20)12-8-9-17-15(10-12)18(2)3/h8-10,13-14H,5-7,11H2,1-4H3. The molecular weight excluding hydrogens is 282 g/mol. The van der Waals surface area contributed by atoms with Crippen molar-refractivity contribution < 1.29 is 4.79 Å². The fourth-order valence-electron chi connectivity index (χ4n) is 2.82. The molecule has 2 atom stereocenters. The van der Waals surface area contributed by atoms with Crippen molar-refractivity contribution in [1.29, 1.82) is 0 Å². The molecule has 2 unspecified atom stereocenters.